The summed E-state index contributed by atoms with van der Waals surface area (Å²) in [7, 11) is 0. The van der Waals surface area contributed by atoms with Crippen LogP contribution in [0.25, 0.3) is 0 Å². The van der Waals surface area contributed by atoms with Gasteiger partial charge in [0.15, 0.2) is 0 Å². The van der Waals surface area contributed by atoms with Crippen LogP contribution in [-0.2, 0) is 0 Å². The van der Waals surface area contributed by atoms with Crippen LogP contribution in [0.3, 0.4) is 0 Å². The highest BCUT2D eigenvalue weighted by Gasteiger charge is 2.31. The second-order valence-corrected chi connectivity index (χ2v) is 7.15. The Morgan fingerprint density at radius 1 is 0.655 bits per heavy atom. The van der Waals surface area contributed by atoms with Crippen LogP contribution < -0.4 is 0 Å². The molecule has 4 nitrogen and oxygen atoms in total. The first-order valence-corrected chi connectivity index (χ1v) is 9.32. The molecular weight excluding hydrogens is 468 g/mol. The van der Waals surface area contributed by atoms with E-state index >= 15 is 0 Å². The molecule has 0 N–H and O–H groups in total. The summed E-state index contributed by atoms with van der Waals surface area (Å²) in [6.07, 6.45) is 0. The van der Waals surface area contributed by atoms with E-state index in [0.717, 1.165) is 24.3 Å². The molecule has 0 aliphatic heterocycles. The van der Waals surface area contributed by atoms with Crippen molar-refractivity contribution in [3.8, 4) is 0 Å². The van der Waals surface area contributed by atoms with Gasteiger partial charge < -0.3 is 0 Å². The molecule has 0 atom stereocenters. The molecular formula is C19H8Cl4F2N2O2. The normalized spacial score (nSPS) is 13.8. The molecule has 2 aromatic rings. The zero-order valence-corrected chi connectivity index (χ0v) is 17.1. The summed E-state index contributed by atoms with van der Waals surface area (Å²) in [5.41, 5.74) is -0.280. The zero-order valence-electron chi connectivity index (χ0n) is 14.1. The van der Waals surface area contributed by atoms with Crippen LogP contribution in [0.1, 0.15) is 20.7 Å². The predicted molar refractivity (Wildman–Crippen MR) is 108 cm³/mol. The minimum absolute atomic E-state index is 0.0402. The fourth-order valence-corrected chi connectivity index (χ4v) is 3.26. The molecule has 10 heteroatoms. The van der Waals surface area contributed by atoms with Gasteiger partial charge >= 0.3 is 0 Å². The number of hydrazone groups is 1. The van der Waals surface area contributed by atoms with Gasteiger partial charge in [0.25, 0.3) is 11.8 Å². The van der Waals surface area contributed by atoms with E-state index < -0.39 is 23.4 Å². The van der Waals surface area contributed by atoms with E-state index in [4.69, 9.17) is 46.4 Å². The van der Waals surface area contributed by atoms with Crippen molar-refractivity contribution in [3.63, 3.8) is 0 Å². The largest absolute Gasteiger partial charge is 0.281 e. The number of hydrogen-bond acceptors (Lipinski definition) is 3. The topological polar surface area (TPSA) is 49.7 Å². The lowest BCUT2D eigenvalue weighted by Gasteiger charge is -2.17. The standard InChI is InChI=1S/C19H8Cl4F2N2O2/c20-13-14(21)16(23)17(15(13)22)26-27(18(28)9-1-5-11(24)6-2-9)19(29)10-3-7-12(25)8-4-10/h1-8H. The molecule has 1 aliphatic rings. The first-order valence-electron chi connectivity index (χ1n) is 7.81. The number of halogens is 6. The number of benzene rings is 2. The molecule has 3 rings (SSSR count). The lowest BCUT2D eigenvalue weighted by atomic mass is 10.1. The molecule has 0 fully saturated rings. The maximum atomic E-state index is 13.2. The molecule has 0 saturated heterocycles. The molecule has 2 amide bonds. The Morgan fingerprint density at radius 3 is 1.34 bits per heavy atom. The van der Waals surface area contributed by atoms with Gasteiger partial charge in [0.1, 0.15) is 17.3 Å². The monoisotopic (exact) mass is 474 g/mol. The molecule has 0 heterocycles. The van der Waals surface area contributed by atoms with Crippen molar-refractivity contribution in [3.05, 3.63) is 91.4 Å². The van der Waals surface area contributed by atoms with Crippen molar-refractivity contribution < 1.29 is 18.4 Å². The Labute approximate surface area is 183 Å². The number of carbonyl (C=O) groups excluding carboxylic acids is 2. The Hall–Kier alpha value is -2.25. The highest BCUT2D eigenvalue weighted by molar-refractivity contribution is 6.66. The Balaban J connectivity index is 2.10. The molecule has 148 valence electrons. The summed E-state index contributed by atoms with van der Waals surface area (Å²) in [5.74, 6) is -2.95. The first-order chi connectivity index (χ1) is 13.7. The summed E-state index contributed by atoms with van der Waals surface area (Å²) in [6, 6.07) is 8.87. The third-order valence-electron chi connectivity index (χ3n) is 3.76. The van der Waals surface area contributed by atoms with Crippen LogP contribution in [0.2, 0.25) is 0 Å². The number of rotatable bonds is 3. The van der Waals surface area contributed by atoms with Crippen molar-refractivity contribution in [2.75, 3.05) is 0 Å². The van der Waals surface area contributed by atoms with Crippen LogP contribution in [-0.4, -0.2) is 22.5 Å². The first kappa shape index (κ1) is 21.5. The number of amides is 2. The van der Waals surface area contributed by atoms with Gasteiger partial charge in [-0.25, -0.2) is 8.78 Å². The molecule has 29 heavy (non-hydrogen) atoms. The highest BCUT2D eigenvalue weighted by atomic mass is 35.5. The second kappa shape index (κ2) is 8.63. The quantitative estimate of drug-likeness (QED) is 0.404. The van der Waals surface area contributed by atoms with E-state index in [0.29, 0.717) is 5.01 Å². The zero-order chi connectivity index (χ0) is 21.3. The molecule has 0 radical (unpaired) electrons. The molecule has 0 aromatic heterocycles. The van der Waals surface area contributed by atoms with Gasteiger partial charge in [-0.05, 0) is 48.5 Å². The number of nitrogens with zero attached hydrogens (tertiary/aromatic N) is 2. The molecule has 0 unspecified atom stereocenters. The lowest BCUT2D eigenvalue weighted by molar-refractivity contribution is 0.0621. The van der Waals surface area contributed by atoms with Crippen molar-refractivity contribution in [2.24, 2.45) is 5.10 Å². The lowest BCUT2D eigenvalue weighted by Crippen LogP contribution is -2.33. The van der Waals surface area contributed by atoms with Gasteiger partial charge in [0.05, 0.1) is 20.1 Å². The Morgan fingerprint density at radius 2 is 1.00 bits per heavy atom. The summed E-state index contributed by atoms with van der Waals surface area (Å²) in [4.78, 5) is 25.8. The molecule has 0 saturated carbocycles. The van der Waals surface area contributed by atoms with Crippen LogP contribution >= 0.6 is 46.4 Å². The predicted octanol–water partition coefficient (Wildman–Crippen LogP) is 6.00. The van der Waals surface area contributed by atoms with E-state index in [9.17, 15) is 18.4 Å². The second-order valence-electron chi connectivity index (χ2n) is 5.64. The number of carbonyl (C=O) groups is 2. The van der Waals surface area contributed by atoms with Crippen LogP contribution in [0.4, 0.5) is 8.78 Å². The van der Waals surface area contributed by atoms with Gasteiger partial charge in [-0.2, -0.15) is 10.1 Å². The van der Waals surface area contributed by atoms with Crippen LogP contribution in [0.5, 0.6) is 0 Å². The average Bonchev–Trinajstić information content (AvgIpc) is 2.89. The number of allylic oxidation sites excluding steroid dienone is 4. The van der Waals surface area contributed by atoms with Gasteiger partial charge in [0.2, 0.25) is 0 Å². The average molecular weight is 476 g/mol. The summed E-state index contributed by atoms with van der Waals surface area (Å²) in [6.45, 7) is 0. The Kier molecular flexibility index (Phi) is 6.39. The summed E-state index contributed by atoms with van der Waals surface area (Å²) in [5, 5.41) is 3.91. The fourth-order valence-electron chi connectivity index (χ4n) is 2.30. The van der Waals surface area contributed by atoms with E-state index in [-0.39, 0.29) is 37.0 Å². The minimum atomic E-state index is -0.903. The Bertz CT molecular complexity index is 1010. The van der Waals surface area contributed by atoms with Gasteiger partial charge in [-0.1, -0.05) is 46.4 Å². The fraction of sp³-hybridized carbons (Fsp3) is 0. The van der Waals surface area contributed by atoms with E-state index in [2.05, 4.69) is 5.10 Å². The van der Waals surface area contributed by atoms with Crippen LogP contribution in [0, 0.1) is 11.6 Å². The van der Waals surface area contributed by atoms with Gasteiger partial charge in [0, 0.05) is 11.1 Å². The third kappa shape index (κ3) is 4.36. The SMILES string of the molecule is O=C(c1ccc(F)cc1)N(N=C1C(Cl)=C(Cl)C(Cl)=C1Cl)C(=O)c1ccc(F)cc1. The maximum absolute atomic E-state index is 13.2. The minimum Gasteiger partial charge on any atom is -0.267 e. The van der Waals surface area contributed by atoms with Gasteiger partial charge in [-0.3, -0.25) is 9.59 Å². The molecule has 0 bridgehead atoms. The summed E-state index contributed by atoms with van der Waals surface area (Å²) < 4.78 is 26.4. The maximum Gasteiger partial charge on any atom is 0.281 e. The van der Waals surface area contributed by atoms with Crippen molar-refractivity contribution in [1.82, 2.24) is 5.01 Å². The smallest absolute Gasteiger partial charge is 0.267 e. The van der Waals surface area contributed by atoms with Crippen molar-refractivity contribution in [1.29, 1.82) is 0 Å². The molecule has 0 spiro atoms. The molecule has 2 aromatic carbocycles. The van der Waals surface area contributed by atoms with E-state index in [1.54, 1.807) is 0 Å². The summed E-state index contributed by atoms with van der Waals surface area (Å²) >= 11 is 24.0. The number of imide groups is 1. The van der Waals surface area contributed by atoms with Gasteiger partial charge in [-0.15, -0.1) is 0 Å². The van der Waals surface area contributed by atoms with E-state index in [1.807, 2.05) is 0 Å². The van der Waals surface area contributed by atoms with E-state index in [1.165, 1.54) is 24.3 Å². The number of hydrogen-bond donors (Lipinski definition) is 0. The van der Waals surface area contributed by atoms with Crippen molar-refractivity contribution >= 4 is 63.9 Å². The highest BCUT2D eigenvalue weighted by Crippen LogP contribution is 2.39. The van der Waals surface area contributed by atoms with Crippen LogP contribution in [0.15, 0.2) is 73.8 Å². The molecule has 1 aliphatic carbocycles. The third-order valence-corrected chi connectivity index (χ3v) is 5.54. The van der Waals surface area contributed by atoms with Crippen molar-refractivity contribution in [2.45, 2.75) is 0 Å².